The minimum atomic E-state index is 0. The molecule has 0 bridgehead atoms. The van der Waals surface area contributed by atoms with E-state index in [2.05, 4.69) is 101 Å². The van der Waals surface area contributed by atoms with Crippen molar-refractivity contribution in [2.75, 3.05) is 0 Å². The Morgan fingerprint density at radius 1 is 0.865 bits per heavy atom. The van der Waals surface area contributed by atoms with Gasteiger partial charge in [0.1, 0.15) is 0 Å². The summed E-state index contributed by atoms with van der Waals surface area (Å²) in [5, 5.41) is 0. The zero-order valence-corrected chi connectivity index (χ0v) is 28.0. The second kappa shape index (κ2) is 17.1. The van der Waals surface area contributed by atoms with Crippen LogP contribution < -0.4 is 0 Å². The van der Waals surface area contributed by atoms with Crippen LogP contribution in [-0.2, 0) is 41.5 Å². The van der Waals surface area contributed by atoms with Crippen LogP contribution in [0.5, 0.6) is 0 Å². The summed E-state index contributed by atoms with van der Waals surface area (Å²) in [6.45, 7) is 17.6. The second-order valence-corrected chi connectivity index (χ2v) is 11.8. The Hall–Kier alpha value is -0.747. The standard InChI is InChI=1S/C21H25.C7H13.C5H5.CH2.2ClH.Zr/c1-20(2,3)16-9-7-14-11-15-8-10-17(21(4,5)6)13-19(15)18(14)12-16;1-7-5-3-2-4-6-7;1-2-4-5-3-1;;;;/h7,9-10,12-13H,11H2,1-6H3;7H,1-6H2;1-3H,4H2;1H2;2*1H;/q3*-1;;;;. The molecule has 204 valence electrons. The molecule has 0 unspecified atom stereocenters. The summed E-state index contributed by atoms with van der Waals surface area (Å²) in [6, 6.07) is 15.1. The Morgan fingerprint density at radius 2 is 1.46 bits per heavy atom. The Balaban J connectivity index is 0.000000668. The molecule has 3 heteroatoms. The topological polar surface area (TPSA) is 0 Å². The van der Waals surface area contributed by atoms with E-state index in [1.165, 1.54) is 89.7 Å². The van der Waals surface area contributed by atoms with Crippen LogP contribution in [0.3, 0.4) is 0 Å². The predicted octanol–water partition coefficient (Wildman–Crippen LogP) is 10.2. The molecule has 0 N–H and O–H groups in total. The molecule has 5 rings (SSSR count). The third-order valence-electron chi connectivity index (χ3n) is 6.84. The van der Waals surface area contributed by atoms with Crippen LogP contribution in [0.25, 0.3) is 11.1 Å². The summed E-state index contributed by atoms with van der Waals surface area (Å²) in [4.78, 5) is 0. The van der Waals surface area contributed by atoms with E-state index >= 15 is 0 Å². The van der Waals surface area contributed by atoms with E-state index in [1.54, 1.807) is 0 Å². The van der Waals surface area contributed by atoms with Gasteiger partial charge in [0.15, 0.2) is 0 Å². The minimum absolute atomic E-state index is 0. The fourth-order valence-corrected chi connectivity index (χ4v) is 4.51. The Morgan fingerprint density at radius 3 is 1.89 bits per heavy atom. The Kier molecular flexibility index (Phi) is 16.7. The van der Waals surface area contributed by atoms with E-state index in [0.29, 0.717) is 0 Å². The van der Waals surface area contributed by atoms with Crippen molar-refractivity contribution < 1.29 is 24.2 Å². The molecular formula is C34H47Cl2Zr-3. The van der Waals surface area contributed by atoms with Crippen molar-refractivity contribution in [1.29, 1.82) is 0 Å². The van der Waals surface area contributed by atoms with E-state index in [1.807, 2.05) is 12.2 Å². The molecule has 0 nitrogen and oxygen atoms in total. The third kappa shape index (κ3) is 11.5. The predicted molar refractivity (Wildman–Crippen MR) is 166 cm³/mol. The molecule has 0 radical (unpaired) electrons. The van der Waals surface area contributed by atoms with Crippen LogP contribution in [0, 0.1) is 25.0 Å². The number of rotatable bonds is 0. The number of benzene rings is 2. The van der Waals surface area contributed by atoms with Gasteiger partial charge in [-0.1, -0.05) is 108 Å². The average molecular weight is 618 g/mol. The summed E-state index contributed by atoms with van der Waals surface area (Å²) in [5.74, 6) is 0.786. The average Bonchev–Trinajstić information content (AvgIpc) is 3.51. The van der Waals surface area contributed by atoms with Crippen molar-refractivity contribution in [1.82, 2.24) is 0 Å². The molecule has 0 heterocycles. The first-order valence-electron chi connectivity index (χ1n) is 13.1. The molecule has 0 spiro atoms. The SMILES string of the molecule is CC(C)(C)c1c[c-]c2c(c1)-c1cc(C(C)(C)C)ccc1C2.Cl.Cl.[C-]1=CC=CC1.[CH2-]C1CCCCC1.[CH2]=[Zr]. The van der Waals surface area contributed by atoms with Gasteiger partial charge in [-0.25, -0.2) is 12.2 Å². The van der Waals surface area contributed by atoms with E-state index in [9.17, 15) is 0 Å². The number of halogens is 2. The molecule has 2 aromatic carbocycles. The van der Waals surface area contributed by atoms with Crippen molar-refractivity contribution in [3.8, 4) is 11.1 Å². The van der Waals surface area contributed by atoms with Gasteiger partial charge in [-0.2, -0.15) is 41.3 Å². The Labute approximate surface area is 256 Å². The molecule has 0 aliphatic heterocycles. The van der Waals surface area contributed by atoms with Crippen molar-refractivity contribution >= 4 is 29.0 Å². The van der Waals surface area contributed by atoms with Crippen LogP contribution in [0.15, 0.2) is 48.6 Å². The molecule has 0 aromatic heterocycles. The van der Waals surface area contributed by atoms with Gasteiger partial charge in [-0.05, 0) is 17.4 Å². The summed E-state index contributed by atoms with van der Waals surface area (Å²) in [7, 11) is 0. The van der Waals surface area contributed by atoms with Gasteiger partial charge in [0.25, 0.3) is 0 Å². The van der Waals surface area contributed by atoms with E-state index < -0.39 is 0 Å². The van der Waals surface area contributed by atoms with Gasteiger partial charge in [-0.3, -0.25) is 6.08 Å². The van der Waals surface area contributed by atoms with Crippen LogP contribution in [-0.4, -0.2) is 4.21 Å². The van der Waals surface area contributed by atoms with Crippen molar-refractivity contribution in [3.05, 3.63) is 89.9 Å². The molecule has 1 fully saturated rings. The van der Waals surface area contributed by atoms with E-state index in [-0.39, 0.29) is 35.6 Å². The molecule has 0 atom stereocenters. The normalized spacial score (nSPS) is 15.2. The van der Waals surface area contributed by atoms with Gasteiger partial charge < -0.3 is 6.92 Å². The first kappa shape index (κ1) is 36.3. The van der Waals surface area contributed by atoms with Gasteiger partial charge in [0, 0.05) is 0 Å². The number of hydrogen-bond acceptors (Lipinski definition) is 0. The Bertz CT molecular complexity index is 928. The number of hydrogen-bond donors (Lipinski definition) is 0. The molecule has 0 amide bonds. The van der Waals surface area contributed by atoms with Crippen molar-refractivity contribution in [3.63, 3.8) is 0 Å². The quantitative estimate of drug-likeness (QED) is 0.220. The van der Waals surface area contributed by atoms with Crippen LogP contribution >= 0.6 is 24.8 Å². The van der Waals surface area contributed by atoms with Crippen LogP contribution in [0.2, 0.25) is 0 Å². The van der Waals surface area contributed by atoms with Crippen molar-refractivity contribution in [2.24, 2.45) is 5.92 Å². The van der Waals surface area contributed by atoms with E-state index in [0.717, 1.165) is 18.8 Å². The van der Waals surface area contributed by atoms with Gasteiger partial charge in [0.05, 0.1) is 0 Å². The zero-order chi connectivity index (χ0) is 26.1. The fourth-order valence-electron chi connectivity index (χ4n) is 4.51. The fraction of sp³-hybridized carbons (Fsp3) is 0.471. The first-order valence-corrected chi connectivity index (χ1v) is 14.9. The zero-order valence-electron chi connectivity index (χ0n) is 23.9. The molecule has 3 aliphatic carbocycles. The summed E-state index contributed by atoms with van der Waals surface area (Å²) in [5.41, 5.74) is 8.76. The maximum atomic E-state index is 4.00. The van der Waals surface area contributed by atoms with Gasteiger partial charge in [0.2, 0.25) is 0 Å². The molecule has 37 heavy (non-hydrogen) atoms. The van der Waals surface area contributed by atoms with Gasteiger partial charge >= 0.3 is 28.4 Å². The number of allylic oxidation sites excluding steroid dienone is 4. The van der Waals surface area contributed by atoms with E-state index in [4.69, 9.17) is 0 Å². The van der Waals surface area contributed by atoms with Crippen LogP contribution in [0.4, 0.5) is 0 Å². The summed E-state index contributed by atoms with van der Waals surface area (Å²) in [6.07, 6.45) is 18.1. The molecular weight excluding hydrogens is 571 g/mol. The molecule has 3 aliphatic rings. The van der Waals surface area contributed by atoms with Crippen LogP contribution in [0.1, 0.15) is 102 Å². The molecule has 1 saturated carbocycles. The van der Waals surface area contributed by atoms with Crippen molar-refractivity contribution in [2.45, 2.75) is 97.3 Å². The third-order valence-corrected chi connectivity index (χ3v) is 6.84. The summed E-state index contributed by atoms with van der Waals surface area (Å²) < 4.78 is 3.34. The number of fused-ring (bicyclic) bond motifs is 3. The monoisotopic (exact) mass is 615 g/mol. The second-order valence-electron chi connectivity index (χ2n) is 11.8. The summed E-state index contributed by atoms with van der Waals surface area (Å²) >= 11 is 1.30. The molecule has 0 saturated heterocycles. The first-order chi connectivity index (χ1) is 16.6. The van der Waals surface area contributed by atoms with Gasteiger partial charge in [-0.15, -0.1) is 36.8 Å². The molecule has 2 aromatic rings. The maximum absolute atomic E-state index is 4.00.